The molecule has 0 bridgehead atoms. The van der Waals surface area contributed by atoms with E-state index < -0.39 is 27.7 Å². The van der Waals surface area contributed by atoms with Crippen LogP contribution >= 0.6 is 0 Å². The molecule has 7 nitrogen and oxygen atoms in total. The van der Waals surface area contributed by atoms with Gasteiger partial charge in [0.05, 0.1) is 4.90 Å². The Labute approximate surface area is 188 Å². The van der Waals surface area contributed by atoms with Crippen molar-refractivity contribution in [3.8, 4) is 0 Å². The van der Waals surface area contributed by atoms with Crippen LogP contribution in [0.4, 0.5) is 10.1 Å². The van der Waals surface area contributed by atoms with Crippen LogP contribution in [0.15, 0.2) is 47.4 Å². The molecule has 1 heterocycles. The fraction of sp³-hybridized carbons (Fsp3) is 0.391. The number of benzene rings is 2. The smallest absolute Gasteiger partial charge is 0.313 e. The standard InChI is InChI=1S/C23H28FN3O4S/c1-16-6-5-7-17(2)21(16)26-23(29)22(28)25-14-13-19-8-3-4-15-27(19)32(30,31)20-11-9-18(24)10-12-20/h5-7,9-12,19H,3-4,8,13-15H2,1-2H3,(H,25,28)(H,26,29)/t19-/m1/s1. The fourth-order valence-corrected chi connectivity index (χ4v) is 5.66. The van der Waals surface area contributed by atoms with Crippen molar-refractivity contribution in [2.75, 3.05) is 18.4 Å². The quantitative estimate of drug-likeness (QED) is 0.646. The zero-order valence-corrected chi connectivity index (χ0v) is 19.0. The van der Waals surface area contributed by atoms with Crippen LogP contribution in [0.5, 0.6) is 0 Å². The SMILES string of the molecule is Cc1cccc(C)c1NC(=O)C(=O)NCC[C@H]1CCCCN1S(=O)(=O)c1ccc(F)cc1. The van der Waals surface area contributed by atoms with Crippen molar-refractivity contribution in [1.82, 2.24) is 9.62 Å². The maximum atomic E-state index is 13.2. The highest BCUT2D eigenvalue weighted by atomic mass is 32.2. The monoisotopic (exact) mass is 461 g/mol. The molecule has 32 heavy (non-hydrogen) atoms. The van der Waals surface area contributed by atoms with Crippen molar-refractivity contribution in [2.45, 2.75) is 50.5 Å². The number of sulfonamides is 1. The van der Waals surface area contributed by atoms with Gasteiger partial charge in [-0.2, -0.15) is 4.31 Å². The lowest BCUT2D eigenvalue weighted by Gasteiger charge is -2.34. The number of aryl methyl sites for hydroxylation is 2. The molecule has 9 heteroatoms. The van der Waals surface area contributed by atoms with E-state index >= 15 is 0 Å². The lowest BCUT2D eigenvalue weighted by atomic mass is 10.0. The van der Waals surface area contributed by atoms with Crippen molar-refractivity contribution in [2.24, 2.45) is 0 Å². The van der Waals surface area contributed by atoms with E-state index in [9.17, 15) is 22.4 Å². The van der Waals surface area contributed by atoms with Crippen LogP contribution in [0.2, 0.25) is 0 Å². The molecule has 0 radical (unpaired) electrons. The molecule has 2 aromatic carbocycles. The normalized spacial score (nSPS) is 17.0. The van der Waals surface area contributed by atoms with E-state index in [1.807, 2.05) is 32.0 Å². The van der Waals surface area contributed by atoms with Crippen molar-refractivity contribution in [3.63, 3.8) is 0 Å². The number of piperidine rings is 1. The first-order chi connectivity index (χ1) is 15.2. The van der Waals surface area contributed by atoms with Gasteiger partial charge in [0, 0.05) is 24.8 Å². The molecule has 3 rings (SSSR count). The van der Waals surface area contributed by atoms with Crippen molar-refractivity contribution >= 4 is 27.5 Å². The van der Waals surface area contributed by atoms with Gasteiger partial charge in [0.2, 0.25) is 10.0 Å². The Morgan fingerprint density at radius 1 is 1.03 bits per heavy atom. The summed E-state index contributed by atoms with van der Waals surface area (Å²) in [4.78, 5) is 24.6. The number of nitrogens with one attached hydrogen (secondary N) is 2. The average Bonchev–Trinajstić information content (AvgIpc) is 2.76. The average molecular weight is 462 g/mol. The van der Waals surface area contributed by atoms with Crippen molar-refractivity contribution < 1.29 is 22.4 Å². The van der Waals surface area contributed by atoms with Gasteiger partial charge < -0.3 is 10.6 Å². The van der Waals surface area contributed by atoms with Gasteiger partial charge in [-0.1, -0.05) is 24.6 Å². The summed E-state index contributed by atoms with van der Waals surface area (Å²) >= 11 is 0. The molecule has 1 aliphatic heterocycles. The molecule has 0 aliphatic carbocycles. The van der Waals surface area contributed by atoms with Gasteiger partial charge in [-0.05, 0) is 68.5 Å². The van der Waals surface area contributed by atoms with Crippen molar-refractivity contribution in [1.29, 1.82) is 0 Å². The molecule has 2 N–H and O–H groups in total. The molecular formula is C23H28FN3O4S. The number of carbonyl (C=O) groups excluding carboxylic acids is 2. The van der Waals surface area contributed by atoms with E-state index in [1.165, 1.54) is 16.4 Å². The van der Waals surface area contributed by atoms with Gasteiger partial charge in [-0.15, -0.1) is 0 Å². The highest BCUT2D eigenvalue weighted by Crippen LogP contribution is 2.27. The Balaban J connectivity index is 1.59. The molecule has 0 aromatic heterocycles. The largest absolute Gasteiger partial charge is 0.348 e. The maximum Gasteiger partial charge on any atom is 0.313 e. The van der Waals surface area contributed by atoms with E-state index in [0.717, 1.165) is 36.1 Å². The first-order valence-electron chi connectivity index (χ1n) is 10.6. The number of anilines is 1. The van der Waals surface area contributed by atoms with Gasteiger partial charge in [-0.3, -0.25) is 9.59 Å². The third-order valence-electron chi connectivity index (χ3n) is 5.68. The summed E-state index contributed by atoms with van der Waals surface area (Å²) < 4.78 is 40.7. The molecule has 172 valence electrons. The van der Waals surface area contributed by atoms with E-state index in [1.54, 1.807) is 0 Å². The van der Waals surface area contributed by atoms with E-state index in [-0.39, 0.29) is 17.5 Å². The van der Waals surface area contributed by atoms with Crippen LogP contribution in [0.25, 0.3) is 0 Å². The summed E-state index contributed by atoms with van der Waals surface area (Å²) in [7, 11) is -3.77. The molecule has 1 fully saturated rings. The summed E-state index contributed by atoms with van der Waals surface area (Å²) in [6.45, 7) is 4.23. The van der Waals surface area contributed by atoms with Gasteiger partial charge in [-0.25, -0.2) is 12.8 Å². The summed E-state index contributed by atoms with van der Waals surface area (Å²) in [6, 6.07) is 10.0. The zero-order chi connectivity index (χ0) is 23.3. The Kier molecular flexibility index (Phi) is 7.63. The molecule has 0 spiro atoms. The Hall–Kier alpha value is -2.78. The molecule has 2 aromatic rings. The summed E-state index contributed by atoms with van der Waals surface area (Å²) in [5.74, 6) is -2.03. The van der Waals surface area contributed by atoms with E-state index in [2.05, 4.69) is 10.6 Å². The second kappa shape index (κ2) is 10.2. The van der Waals surface area contributed by atoms with Crippen LogP contribution in [-0.4, -0.2) is 43.7 Å². The van der Waals surface area contributed by atoms with Crippen LogP contribution in [-0.2, 0) is 19.6 Å². The summed E-state index contributed by atoms with van der Waals surface area (Å²) in [6.07, 6.45) is 2.65. The Bertz CT molecular complexity index is 1070. The maximum absolute atomic E-state index is 13.2. The fourth-order valence-electron chi connectivity index (χ4n) is 3.94. The second-order valence-electron chi connectivity index (χ2n) is 7.98. The molecule has 1 atom stereocenters. The van der Waals surface area contributed by atoms with Crippen molar-refractivity contribution in [3.05, 3.63) is 59.4 Å². The highest BCUT2D eigenvalue weighted by Gasteiger charge is 2.33. The lowest BCUT2D eigenvalue weighted by Crippen LogP contribution is -2.45. The number of para-hydroxylation sites is 1. The second-order valence-corrected chi connectivity index (χ2v) is 9.88. The Morgan fingerprint density at radius 3 is 2.34 bits per heavy atom. The minimum absolute atomic E-state index is 0.0443. The van der Waals surface area contributed by atoms with Crippen LogP contribution in [0.3, 0.4) is 0 Å². The minimum atomic E-state index is -3.77. The predicted octanol–water partition coefficient (Wildman–Crippen LogP) is 3.13. The van der Waals surface area contributed by atoms with Crippen LogP contribution in [0, 0.1) is 19.7 Å². The van der Waals surface area contributed by atoms with Gasteiger partial charge >= 0.3 is 11.8 Å². The number of hydrogen-bond donors (Lipinski definition) is 2. The topological polar surface area (TPSA) is 95.6 Å². The predicted molar refractivity (Wildman–Crippen MR) is 120 cm³/mol. The zero-order valence-electron chi connectivity index (χ0n) is 18.2. The molecule has 0 unspecified atom stereocenters. The molecule has 1 saturated heterocycles. The number of halogens is 1. The van der Waals surface area contributed by atoms with E-state index in [0.29, 0.717) is 25.1 Å². The third-order valence-corrected chi connectivity index (χ3v) is 7.65. The van der Waals surface area contributed by atoms with E-state index in [4.69, 9.17) is 0 Å². The van der Waals surface area contributed by atoms with Gasteiger partial charge in [0.15, 0.2) is 0 Å². The van der Waals surface area contributed by atoms with Gasteiger partial charge in [0.25, 0.3) is 0 Å². The number of rotatable bonds is 6. The molecule has 2 amide bonds. The Morgan fingerprint density at radius 2 is 1.69 bits per heavy atom. The molecule has 1 aliphatic rings. The summed E-state index contributed by atoms with van der Waals surface area (Å²) in [5, 5.41) is 5.22. The highest BCUT2D eigenvalue weighted by molar-refractivity contribution is 7.89. The molecule has 0 saturated carbocycles. The minimum Gasteiger partial charge on any atom is -0.348 e. The molecular weight excluding hydrogens is 433 g/mol. The lowest BCUT2D eigenvalue weighted by molar-refractivity contribution is -0.136. The summed E-state index contributed by atoms with van der Waals surface area (Å²) in [5.41, 5.74) is 2.32. The van der Waals surface area contributed by atoms with Crippen LogP contribution < -0.4 is 10.6 Å². The number of hydrogen-bond acceptors (Lipinski definition) is 4. The van der Waals surface area contributed by atoms with Gasteiger partial charge in [0.1, 0.15) is 5.82 Å². The first kappa shape index (κ1) is 23.9. The van der Waals surface area contributed by atoms with Crippen LogP contribution in [0.1, 0.15) is 36.8 Å². The number of amides is 2. The first-order valence-corrected chi connectivity index (χ1v) is 12.1. The third kappa shape index (κ3) is 5.52. The number of carbonyl (C=O) groups is 2. The number of nitrogens with zero attached hydrogens (tertiary/aromatic N) is 1.